The molecule has 5 rings (SSSR count). The molecule has 3 aromatic heterocycles. The van der Waals surface area contributed by atoms with Crippen LogP contribution in [-0.4, -0.2) is 65.5 Å². The van der Waals surface area contributed by atoms with Crippen molar-refractivity contribution in [3.8, 4) is 11.5 Å². The first-order valence-electron chi connectivity index (χ1n) is 11.9. The zero-order valence-electron chi connectivity index (χ0n) is 20.5. The molecule has 38 heavy (non-hydrogen) atoms. The van der Waals surface area contributed by atoms with Crippen molar-refractivity contribution in [2.24, 2.45) is 0 Å². The van der Waals surface area contributed by atoms with Crippen LogP contribution < -0.4 is 30.2 Å². The average molecular weight is 520 g/mol. The van der Waals surface area contributed by atoms with Crippen molar-refractivity contribution < 1.29 is 28.4 Å². The van der Waals surface area contributed by atoms with Gasteiger partial charge in [0.2, 0.25) is 12.1 Å². The van der Waals surface area contributed by atoms with E-state index in [1.165, 1.54) is 10.8 Å². The van der Waals surface area contributed by atoms with Crippen LogP contribution in [0.2, 0.25) is 0 Å². The number of nitrogens with zero attached hydrogens (tertiary/aromatic N) is 4. The second-order valence-corrected chi connectivity index (χ2v) is 8.01. The number of benzene rings is 1. The van der Waals surface area contributed by atoms with Gasteiger partial charge in [-0.1, -0.05) is 11.3 Å². The molecule has 13 heteroatoms. The SMILES string of the molecule is C=CC(=O)N[n+]1cccc(Nc2nc(Nc3ccc4c(c3)OCCOCCOCCO4)nc3nc[nH]c23)c1. The first-order chi connectivity index (χ1) is 18.7. The number of ether oxygens (including phenoxy) is 4. The molecule has 0 saturated carbocycles. The molecular weight excluding hydrogens is 492 g/mol. The summed E-state index contributed by atoms with van der Waals surface area (Å²) >= 11 is 0. The fraction of sp³-hybridized carbons (Fsp3) is 0.240. The van der Waals surface area contributed by atoms with Gasteiger partial charge in [0.05, 0.1) is 32.8 Å². The largest absolute Gasteiger partial charge is 0.487 e. The molecule has 0 atom stereocenters. The molecule has 1 aliphatic heterocycles. The highest BCUT2D eigenvalue weighted by Gasteiger charge is 2.14. The molecule has 0 aliphatic carbocycles. The number of carbonyl (C=O) groups excluding carboxylic acids is 1. The Hall–Kier alpha value is -4.75. The lowest BCUT2D eigenvalue weighted by Crippen LogP contribution is -2.47. The summed E-state index contributed by atoms with van der Waals surface area (Å²) < 4.78 is 24.2. The number of hydrogen-bond acceptors (Lipinski definition) is 10. The predicted octanol–water partition coefficient (Wildman–Crippen LogP) is 2.19. The summed E-state index contributed by atoms with van der Waals surface area (Å²) in [7, 11) is 0. The number of anilines is 4. The van der Waals surface area contributed by atoms with E-state index >= 15 is 0 Å². The van der Waals surface area contributed by atoms with Crippen LogP contribution in [0.25, 0.3) is 11.2 Å². The van der Waals surface area contributed by atoms with Gasteiger partial charge in [-0.25, -0.2) is 4.98 Å². The van der Waals surface area contributed by atoms with E-state index in [1.54, 1.807) is 24.8 Å². The minimum Gasteiger partial charge on any atom is -0.487 e. The molecule has 0 saturated heterocycles. The highest BCUT2D eigenvalue weighted by molar-refractivity contribution is 5.92. The van der Waals surface area contributed by atoms with Gasteiger partial charge in [0, 0.05) is 23.9 Å². The number of aromatic nitrogens is 5. The fourth-order valence-corrected chi connectivity index (χ4v) is 3.60. The zero-order valence-corrected chi connectivity index (χ0v) is 20.5. The molecule has 1 amide bonds. The number of aromatic amines is 1. The van der Waals surface area contributed by atoms with Crippen molar-refractivity contribution in [3.05, 3.63) is 61.7 Å². The lowest BCUT2D eigenvalue weighted by molar-refractivity contribution is -0.641. The third-order valence-corrected chi connectivity index (χ3v) is 5.32. The Balaban J connectivity index is 1.37. The van der Waals surface area contributed by atoms with Crippen molar-refractivity contribution in [1.82, 2.24) is 19.9 Å². The molecule has 0 fully saturated rings. The van der Waals surface area contributed by atoms with Crippen molar-refractivity contribution in [2.75, 3.05) is 55.7 Å². The first kappa shape index (κ1) is 24.9. The smallest absolute Gasteiger partial charge is 0.297 e. The summed E-state index contributed by atoms with van der Waals surface area (Å²) in [6, 6.07) is 9.09. The molecule has 13 nitrogen and oxygen atoms in total. The van der Waals surface area contributed by atoms with Gasteiger partial charge >= 0.3 is 0 Å². The third-order valence-electron chi connectivity index (χ3n) is 5.32. The quantitative estimate of drug-likeness (QED) is 0.221. The number of nitrogens with one attached hydrogen (secondary N) is 4. The lowest BCUT2D eigenvalue weighted by Gasteiger charge is -2.16. The van der Waals surface area contributed by atoms with Crippen LogP contribution in [0.15, 0.2) is 61.7 Å². The maximum absolute atomic E-state index is 11.7. The van der Waals surface area contributed by atoms with Crippen molar-refractivity contribution in [3.63, 3.8) is 0 Å². The number of rotatable bonds is 6. The number of amides is 1. The molecule has 196 valence electrons. The minimum absolute atomic E-state index is 0.321. The molecule has 0 radical (unpaired) electrons. The van der Waals surface area contributed by atoms with E-state index in [1.807, 2.05) is 24.3 Å². The van der Waals surface area contributed by atoms with Crippen LogP contribution in [0.4, 0.5) is 23.1 Å². The fourth-order valence-electron chi connectivity index (χ4n) is 3.60. The summed E-state index contributed by atoms with van der Waals surface area (Å²) in [5, 5.41) is 6.46. The standard InChI is InChI=1S/C25H26N8O5/c1-2-21(34)32-33-7-3-4-18(15-33)28-24-22-23(27-16-26-22)30-25(31-24)29-17-5-6-19-20(14-17)38-13-11-36-9-8-35-10-12-37-19/h2-7,14-16H,1,8-13H2,(H3-,26,27,28,29,30,31,32,34)/p+1. The summed E-state index contributed by atoms with van der Waals surface area (Å²) in [6.45, 7) is 6.15. The van der Waals surface area contributed by atoms with Crippen LogP contribution in [0.3, 0.4) is 0 Å². The Kier molecular flexibility index (Phi) is 7.86. The normalized spacial score (nSPS) is 14.1. The molecule has 0 unspecified atom stereocenters. The van der Waals surface area contributed by atoms with Crippen LogP contribution in [0.1, 0.15) is 0 Å². The van der Waals surface area contributed by atoms with E-state index in [2.05, 4.69) is 42.6 Å². The maximum Gasteiger partial charge on any atom is 0.297 e. The minimum atomic E-state index is -0.333. The topological polar surface area (TPSA) is 148 Å². The number of imidazole rings is 1. The Labute approximate surface area is 217 Å². The molecule has 4 aromatic rings. The van der Waals surface area contributed by atoms with Crippen molar-refractivity contribution in [1.29, 1.82) is 0 Å². The Bertz CT molecular complexity index is 1430. The molecule has 4 heterocycles. The third kappa shape index (κ3) is 6.32. The van der Waals surface area contributed by atoms with Gasteiger partial charge < -0.3 is 34.6 Å². The van der Waals surface area contributed by atoms with Crippen LogP contribution in [-0.2, 0) is 14.3 Å². The van der Waals surface area contributed by atoms with Crippen molar-refractivity contribution >= 4 is 40.2 Å². The summed E-state index contributed by atoms with van der Waals surface area (Å²) in [6.07, 6.45) is 6.14. The molecule has 0 spiro atoms. The number of hydrogen-bond donors (Lipinski definition) is 4. The highest BCUT2D eigenvalue weighted by Crippen LogP contribution is 2.32. The zero-order chi connectivity index (χ0) is 26.2. The summed E-state index contributed by atoms with van der Waals surface area (Å²) in [5.41, 5.74) is 5.12. The van der Waals surface area contributed by atoms with Gasteiger partial charge in [-0.15, -0.1) is 5.43 Å². The van der Waals surface area contributed by atoms with Gasteiger partial charge in [-0.05, 0) is 18.2 Å². The van der Waals surface area contributed by atoms with E-state index in [0.29, 0.717) is 85.4 Å². The Morgan fingerprint density at radius 3 is 2.58 bits per heavy atom. The number of carbonyl (C=O) groups is 1. The van der Waals surface area contributed by atoms with Crippen LogP contribution in [0, 0.1) is 0 Å². The average Bonchev–Trinajstić information content (AvgIpc) is 3.39. The van der Waals surface area contributed by atoms with E-state index < -0.39 is 0 Å². The predicted molar refractivity (Wildman–Crippen MR) is 139 cm³/mol. The van der Waals surface area contributed by atoms with E-state index in [9.17, 15) is 4.79 Å². The molecule has 0 bridgehead atoms. The second kappa shape index (κ2) is 12.0. The van der Waals surface area contributed by atoms with E-state index in [0.717, 1.165) is 0 Å². The van der Waals surface area contributed by atoms with Crippen molar-refractivity contribution in [2.45, 2.75) is 0 Å². The van der Waals surface area contributed by atoms with Crippen LogP contribution >= 0.6 is 0 Å². The maximum atomic E-state index is 11.7. The van der Waals surface area contributed by atoms with Gasteiger partial charge in [0.15, 0.2) is 29.2 Å². The van der Waals surface area contributed by atoms with Crippen LogP contribution in [0.5, 0.6) is 11.5 Å². The molecule has 1 aromatic carbocycles. The Morgan fingerprint density at radius 2 is 1.76 bits per heavy atom. The van der Waals surface area contributed by atoms with Gasteiger partial charge in [-0.2, -0.15) is 9.97 Å². The molecule has 1 aliphatic rings. The lowest BCUT2D eigenvalue weighted by atomic mass is 10.2. The monoisotopic (exact) mass is 519 g/mol. The second-order valence-electron chi connectivity index (χ2n) is 8.01. The number of H-pyrrole nitrogens is 1. The molecule has 4 N–H and O–H groups in total. The number of pyridine rings is 1. The van der Waals surface area contributed by atoms with Gasteiger partial charge in [0.1, 0.15) is 24.4 Å². The summed E-state index contributed by atoms with van der Waals surface area (Å²) in [5.74, 6) is 1.65. The van der Waals surface area contributed by atoms with Gasteiger partial charge in [0.25, 0.3) is 5.91 Å². The highest BCUT2D eigenvalue weighted by atomic mass is 16.6. The van der Waals surface area contributed by atoms with E-state index in [-0.39, 0.29) is 5.91 Å². The first-order valence-corrected chi connectivity index (χ1v) is 11.9. The Morgan fingerprint density at radius 1 is 0.974 bits per heavy atom. The van der Waals surface area contributed by atoms with E-state index in [4.69, 9.17) is 18.9 Å². The molecular formula is C25H27N8O5+. The number of fused-ring (bicyclic) bond motifs is 2. The summed E-state index contributed by atoms with van der Waals surface area (Å²) in [4.78, 5) is 28.2. The van der Waals surface area contributed by atoms with Gasteiger partial charge in [-0.3, -0.25) is 4.79 Å².